The number of benzene rings is 1. The maximum absolute atomic E-state index is 11.8. The molecular weight excluding hydrogens is 292 g/mol. The van der Waals surface area contributed by atoms with E-state index in [-0.39, 0.29) is 6.03 Å². The zero-order valence-corrected chi connectivity index (χ0v) is 13.9. The van der Waals surface area contributed by atoms with Gasteiger partial charge in [-0.1, -0.05) is 37.5 Å². The van der Waals surface area contributed by atoms with Crippen LogP contribution in [-0.4, -0.2) is 36.9 Å². The van der Waals surface area contributed by atoms with E-state index in [9.17, 15) is 9.90 Å². The van der Waals surface area contributed by atoms with Crippen LogP contribution in [-0.2, 0) is 6.42 Å². The van der Waals surface area contributed by atoms with E-state index in [4.69, 9.17) is 4.74 Å². The molecule has 1 fully saturated rings. The molecule has 1 aromatic carbocycles. The molecule has 0 unspecified atom stereocenters. The van der Waals surface area contributed by atoms with E-state index in [1.807, 2.05) is 24.3 Å². The summed E-state index contributed by atoms with van der Waals surface area (Å²) in [5.41, 5.74) is 0.432. The topological polar surface area (TPSA) is 70.6 Å². The SMILES string of the molecule is COc1ccccc1CCCNC(=O)NCC1(O)CCCCC1. The minimum absolute atomic E-state index is 0.205. The van der Waals surface area contributed by atoms with E-state index in [1.165, 1.54) is 6.42 Å². The van der Waals surface area contributed by atoms with Gasteiger partial charge < -0.3 is 20.5 Å². The highest BCUT2D eigenvalue weighted by atomic mass is 16.5. The summed E-state index contributed by atoms with van der Waals surface area (Å²) in [6.45, 7) is 0.938. The molecule has 0 aromatic heterocycles. The fourth-order valence-corrected chi connectivity index (χ4v) is 3.08. The Hall–Kier alpha value is -1.75. The van der Waals surface area contributed by atoms with E-state index in [0.29, 0.717) is 13.1 Å². The standard InChI is InChI=1S/C18H28N2O3/c1-23-16-10-4-3-8-15(16)9-7-13-19-17(21)20-14-18(22)11-5-2-6-12-18/h3-4,8,10,22H,2,5-7,9,11-14H2,1H3,(H2,19,20,21). The first-order chi connectivity index (χ1) is 11.1. The van der Waals surface area contributed by atoms with Crippen molar-refractivity contribution < 1.29 is 14.6 Å². The van der Waals surface area contributed by atoms with Crippen molar-refractivity contribution in [2.75, 3.05) is 20.2 Å². The van der Waals surface area contributed by atoms with Crippen molar-refractivity contribution in [2.45, 2.75) is 50.5 Å². The third-order valence-corrected chi connectivity index (χ3v) is 4.46. The molecule has 5 heteroatoms. The number of ether oxygens (including phenoxy) is 1. The summed E-state index contributed by atoms with van der Waals surface area (Å²) in [7, 11) is 1.67. The number of amides is 2. The fraction of sp³-hybridized carbons (Fsp3) is 0.611. The predicted octanol–water partition coefficient (Wildman–Crippen LogP) is 2.62. The lowest BCUT2D eigenvalue weighted by Gasteiger charge is -2.32. The van der Waals surface area contributed by atoms with Crippen LogP contribution in [0.1, 0.15) is 44.1 Å². The van der Waals surface area contributed by atoms with Crippen LogP contribution >= 0.6 is 0 Å². The fourth-order valence-electron chi connectivity index (χ4n) is 3.08. The summed E-state index contributed by atoms with van der Waals surface area (Å²) in [5, 5.41) is 16.0. The monoisotopic (exact) mass is 320 g/mol. The van der Waals surface area contributed by atoms with Crippen LogP contribution in [0.5, 0.6) is 5.75 Å². The van der Waals surface area contributed by atoms with Crippen LogP contribution in [0.2, 0.25) is 0 Å². The Balaban J connectivity index is 1.63. The van der Waals surface area contributed by atoms with Gasteiger partial charge in [-0.15, -0.1) is 0 Å². The summed E-state index contributed by atoms with van der Waals surface area (Å²) in [6, 6.07) is 7.72. The molecule has 1 aromatic rings. The first kappa shape index (κ1) is 17.6. The number of rotatable bonds is 7. The second-order valence-electron chi connectivity index (χ2n) is 6.31. The number of carbonyl (C=O) groups is 1. The second kappa shape index (κ2) is 8.77. The van der Waals surface area contributed by atoms with Gasteiger partial charge in [0.05, 0.1) is 12.7 Å². The van der Waals surface area contributed by atoms with Gasteiger partial charge in [0.1, 0.15) is 5.75 Å². The summed E-state index contributed by atoms with van der Waals surface area (Å²) < 4.78 is 5.31. The number of methoxy groups -OCH3 is 1. The third-order valence-electron chi connectivity index (χ3n) is 4.46. The highest BCUT2D eigenvalue weighted by Gasteiger charge is 2.29. The second-order valence-corrected chi connectivity index (χ2v) is 6.31. The van der Waals surface area contributed by atoms with Crippen molar-refractivity contribution in [3.8, 4) is 5.75 Å². The lowest BCUT2D eigenvalue weighted by molar-refractivity contribution is 0.00720. The molecule has 0 saturated heterocycles. The molecule has 2 rings (SSSR count). The summed E-state index contributed by atoms with van der Waals surface area (Å²) in [6.07, 6.45) is 6.52. The van der Waals surface area contributed by atoms with Gasteiger partial charge in [-0.05, 0) is 37.3 Å². The molecule has 0 heterocycles. The maximum Gasteiger partial charge on any atom is 0.314 e. The zero-order valence-electron chi connectivity index (χ0n) is 13.9. The van der Waals surface area contributed by atoms with Crippen molar-refractivity contribution >= 4 is 6.03 Å². The van der Waals surface area contributed by atoms with Crippen molar-refractivity contribution in [3.05, 3.63) is 29.8 Å². The van der Waals surface area contributed by atoms with Gasteiger partial charge in [-0.25, -0.2) is 4.79 Å². The van der Waals surface area contributed by atoms with Gasteiger partial charge in [0.2, 0.25) is 0 Å². The Labute approximate surface area is 138 Å². The van der Waals surface area contributed by atoms with Crippen LogP contribution in [0, 0.1) is 0 Å². The van der Waals surface area contributed by atoms with Crippen LogP contribution in [0.25, 0.3) is 0 Å². The molecule has 0 atom stereocenters. The molecule has 1 aliphatic carbocycles. The van der Waals surface area contributed by atoms with E-state index in [2.05, 4.69) is 10.6 Å². The smallest absolute Gasteiger partial charge is 0.314 e. The maximum atomic E-state index is 11.8. The molecule has 0 aliphatic heterocycles. The number of hydrogen-bond acceptors (Lipinski definition) is 3. The Morgan fingerprint density at radius 1 is 1.22 bits per heavy atom. The molecule has 128 valence electrons. The summed E-state index contributed by atoms with van der Waals surface area (Å²) >= 11 is 0. The van der Waals surface area contributed by atoms with Crippen molar-refractivity contribution in [1.29, 1.82) is 0 Å². The molecular formula is C18H28N2O3. The quantitative estimate of drug-likeness (QED) is 0.676. The zero-order chi connectivity index (χ0) is 16.5. The van der Waals surface area contributed by atoms with Gasteiger partial charge in [-0.3, -0.25) is 0 Å². The minimum atomic E-state index is -0.715. The predicted molar refractivity (Wildman–Crippen MR) is 90.8 cm³/mol. The number of aliphatic hydroxyl groups is 1. The number of carbonyl (C=O) groups excluding carboxylic acids is 1. The average Bonchev–Trinajstić information content (AvgIpc) is 2.58. The number of nitrogens with one attached hydrogen (secondary N) is 2. The largest absolute Gasteiger partial charge is 0.496 e. The Morgan fingerprint density at radius 2 is 1.96 bits per heavy atom. The third kappa shape index (κ3) is 5.75. The summed E-state index contributed by atoms with van der Waals surface area (Å²) in [4.78, 5) is 11.8. The molecule has 1 saturated carbocycles. The number of para-hydroxylation sites is 1. The number of aryl methyl sites for hydroxylation is 1. The van der Waals surface area contributed by atoms with E-state index in [1.54, 1.807) is 7.11 Å². The Morgan fingerprint density at radius 3 is 2.70 bits per heavy atom. The van der Waals surface area contributed by atoms with Gasteiger partial charge in [0, 0.05) is 13.1 Å². The van der Waals surface area contributed by atoms with Crippen LogP contribution in [0.3, 0.4) is 0 Å². The van der Waals surface area contributed by atoms with E-state index in [0.717, 1.165) is 49.8 Å². The molecule has 0 spiro atoms. The molecule has 5 nitrogen and oxygen atoms in total. The molecule has 2 amide bonds. The van der Waals surface area contributed by atoms with Crippen molar-refractivity contribution in [1.82, 2.24) is 10.6 Å². The molecule has 23 heavy (non-hydrogen) atoms. The van der Waals surface area contributed by atoms with Crippen molar-refractivity contribution in [2.24, 2.45) is 0 Å². The van der Waals surface area contributed by atoms with Gasteiger partial charge in [0.25, 0.3) is 0 Å². The first-order valence-electron chi connectivity index (χ1n) is 8.49. The molecule has 0 radical (unpaired) electrons. The highest BCUT2D eigenvalue weighted by molar-refractivity contribution is 5.73. The van der Waals surface area contributed by atoms with E-state index < -0.39 is 5.60 Å². The van der Waals surface area contributed by atoms with Crippen LogP contribution in [0.4, 0.5) is 4.79 Å². The van der Waals surface area contributed by atoms with Crippen LogP contribution < -0.4 is 15.4 Å². The van der Waals surface area contributed by atoms with Gasteiger partial charge in [-0.2, -0.15) is 0 Å². The molecule has 0 bridgehead atoms. The Kier molecular flexibility index (Phi) is 6.71. The van der Waals surface area contributed by atoms with E-state index >= 15 is 0 Å². The average molecular weight is 320 g/mol. The number of urea groups is 1. The molecule has 1 aliphatic rings. The number of hydrogen-bond donors (Lipinski definition) is 3. The van der Waals surface area contributed by atoms with Gasteiger partial charge >= 0.3 is 6.03 Å². The van der Waals surface area contributed by atoms with Crippen molar-refractivity contribution in [3.63, 3.8) is 0 Å². The lowest BCUT2D eigenvalue weighted by atomic mass is 9.85. The molecule has 3 N–H and O–H groups in total. The highest BCUT2D eigenvalue weighted by Crippen LogP contribution is 2.27. The van der Waals surface area contributed by atoms with Crippen LogP contribution in [0.15, 0.2) is 24.3 Å². The summed E-state index contributed by atoms with van der Waals surface area (Å²) in [5.74, 6) is 0.886. The normalized spacial score (nSPS) is 16.6. The minimum Gasteiger partial charge on any atom is -0.496 e. The lowest BCUT2D eigenvalue weighted by Crippen LogP contribution is -2.47. The Bertz CT molecular complexity index is 499. The van der Waals surface area contributed by atoms with Gasteiger partial charge in [0.15, 0.2) is 0 Å². The first-order valence-corrected chi connectivity index (χ1v) is 8.49.